The van der Waals surface area contributed by atoms with E-state index in [1.54, 1.807) is 53.6 Å². The van der Waals surface area contributed by atoms with E-state index < -0.39 is 0 Å². The summed E-state index contributed by atoms with van der Waals surface area (Å²) in [5.41, 5.74) is 5.29. The molecular formula is C32H35N5O3S. The Bertz CT molecular complexity index is 1620. The highest BCUT2D eigenvalue weighted by molar-refractivity contribution is 7.14. The summed E-state index contributed by atoms with van der Waals surface area (Å²) < 4.78 is 0. The number of aryl methyl sites for hydroxylation is 2. The smallest absolute Gasteiger partial charge is 0.271 e. The highest BCUT2D eigenvalue weighted by atomic mass is 32.1. The zero-order chi connectivity index (χ0) is 29.1. The topological polar surface area (TPSA) is 98.4 Å². The number of rotatable bonds is 7. The van der Waals surface area contributed by atoms with E-state index >= 15 is 0 Å². The van der Waals surface area contributed by atoms with E-state index in [2.05, 4.69) is 21.4 Å². The summed E-state index contributed by atoms with van der Waals surface area (Å²) in [6.45, 7) is 4.48. The molecule has 41 heavy (non-hydrogen) atoms. The second-order valence-corrected chi connectivity index (χ2v) is 11.6. The maximum absolute atomic E-state index is 13.2. The lowest BCUT2D eigenvalue weighted by Gasteiger charge is -2.20. The summed E-state index contributed by atoms with van der Waals surface area (Å²) in [7, 11) is 3.51. The number of H-pyrrole nitrogens is 1. The molecule has 1 aromatic carbocycles. The number of anilines is 3. The fourth-order valence-corrected chi connectivity index (χ4v) is 6.27. The van der Waals surface area contributed by atoms with Crippen LogP contribution in [0.15, 0.2) is 59.7 Å². The van der Waals surface area contributed by atoms with Crippen LogP contribution in [0.4, 0.5) is 17.2 Å². The van der Waals surface area contributed by atoms with E-state index in [-0.39, 0.29) is 17.4 Å². The molecule has 0 radical (unpaired) electrons. The lowest BCUT2D eigenvalue weighted by Crippen LogP contribution is -2.26. The lowest BCUT2D eigenvalue weighted by atomic mass is 10.00. The van der Waals surface area contributed by atoms with Gasteiger partial charge in [-0.05, 0) is 86.6 Å². The fourth-order valence-electron chi connectivity index (χ4n) is 5.12. The van der Waals surface area contributed by atoms with Gasteiger partial charge in [0, 0.05) is 49.2 Å². The van der Waals surface area contributed by atoms with E-state index in [1.165, 1.54) is 35.9 Å². The van der Waals surface area contributed by atoms with Gasteiger partial charge in [-0.2, -0.15) is 0 Å². The number of hydrogen-bond acceptors (Lipinski definition) is 6. The molecule has 0 unspecified atom stereocenters. The minimum absolute atomic E-state index is 0.0941. The second-order valence-electron chi connectivity index (χ2n) is 10.4. The second kappa shape index (κ2) is 12.1. The van der Waals surface area contributed by atoms with Crippen LogP contribution in [0.2, 0.25) is 0 Å². The highest BCUT2D eigenvalue weighted by Crippen LogP contribution is 2.33. The summed E-state index contributed by atoms with van der Waals surface area (Å²) in [6, 6.07) is 13.1. The maximum Gasteiger partial charge on any atom is 0.271 e. The molecular weight excluding hydrogens is 534 g/mol. The molecule has 212 valence electrons. The Balaban J connectivity index is 1.38. The van der Waals surface area contributed by atoms with Gasteiger partial charge in [0.2, 0.25) is 0 Å². The third kappa shape index (κ3) is 5.95. The van der Waals surface area contributed by atoms with Crippen LogP contribution in [-0.4, -0.2) is 47.3 Å². The average Bonchev–Trinajstić information content (AvgIpc) is 3.27. The number of hydrogen-bond donors (Lipinski definition) is 2. The molecule has 2 amide bonds. The first-order chi connectivity index (χ1) is 19.8. The van der Waals surface area contributed by atoms with Crippen LogP contribution >= 0.6 is 11.3 Å². The Labute approximate surface area is 244 Å². The van der Waals surface area contributed by atoms with Crippen LogP contribution in [0.1, 0.15) is 62.2 Å². The number of aromatic nitrogens is 2. The van der Waals surface area contributed by atoms with E-state index in [0.29, 0.717) is 23.6 Å². The van der Waals surface area contributed by atoms with Gasteiger partial charge in [-0.25, -0.2) is 4.98 Å². The Kier molecular flexibility index (Phi) is 8.35. The molecule has 5 rings (SSSR count). The summed E-state index contributed by atoms with van der Waals surface area (Å²) in [5.74, 6) is 0.337. The number of pyridine rings is 2. The molecule has 1 aliphatic rings. The van der Waals surface area contributed by atoms with Crippen molar-refractivity contribution in [3.05, 3.63) is 91.7 Å². The Morgan fingerprint density at radius 3 is 2.63 bits per heavy atom. The third-order valence-electron chi connectivity index (χ3n) is 7.77. The maximum atomic E-state index is 13.2. The number of carbonyl (C=O) groups excluding carboxylic acids is 2. The van der Waals surface area contributed by atoms with Crippen molar-refractivity contribution in [2.45, 2.75) is 46.0 Å². The van der Waals surface area contributed by atoms with Crippen LogP contribution in [0.5, 0.6) is 0 Å². The minimum Gasteiger partial charge on any atom is -0.342 e. The number of amides is 2. The van der Waals surface area contributed by atoms with Gasteiger partial charge in [-0.3, -0.25) is 14.4 Å². The van der Waals surface area contributed by atoms with E-state index in [1.807, 2.05) is 38.1 Å². The van der Waals surface area contributed by atoms with Crippen molar-refractivity contribution in [3.63, 3.8) is 0 Å². The SMILES string of the molecule is CCN(C)C(=O)c1ccc(N(C)c2cc(-c3cccc(NC(=O)c4cc5c(s4)CCCCC5)c3C)c[nH]c2=O)nc1. The molecule has 4 aromatic rings. The van der Waals surface area contributed by atoms with E-state index in [0.717, 1.165) is 40.1 Å². The molecule has 0 saturated heterocycles. The highest BCUT2D eigenvalue weighted by Gasteiger charge is 2.19. The molecule has 8 nitrogen and oxygen atoms in total. The van der Waals surface area contributed by atoms with Crippen LogP contribution in [-0.2, 0) is 12.8 Å². The summed E-state index contributed by atoms with van der Waals surface area (Å²) >= 11 is 1.61. The number of fused-ring (bicyclic) bond motifs is 1. The van der Waals surface area contributed by atoms with Crippen molar-refractivity contribution in [1.82, 2.24) is 14.9 Å². The Morgan fingerprint density at radius 1 is 1.07 bits per heavy atom. The van der Waals surface area contributed by atoms with Gasteiger partial charge in [0.15, 0.2) is 0 Å². The molecule has 3 aromatic heterocycles. The van der Waals surface area contributed by atoms with Crippen molar-refractivity contribution in [2.75, 3.05) is 30.9 Å². The molecule has 0 spiro atoms. The standard InChI is InChI=1S/C32H35N5O3S/c1-5-36(3)32(40)22-14-15-29(33-18-22)37(4)26-16-23(19-34-30(26)38)24-11-9-12-25(20(24)2)35-31(39)28-17-21-10-7-6-8-13-27(21)41-28/h9,11-12,14-19H,5-8,10,13H2,1-4H3,(H,34,38)(H,35,39). The molecule has 9 heteroatoms. The van der Waals surface area contributed by atoms with Gasteiger partial charge in [0.1, 0.15) is 11.5 Å². The van der Waals surface area contributed by atoms with Gasteiger partial charge < -0.3 is 20.1 Å². The number of thiophene rings is 1. The molecule has 2 N–H and O–H groups in total. The van der Waals surface area contributed by atoms with Gasteiger partial charge in [0.05, 0.1) is 10.4 Å². The lowest BCUT2D eigenvalue weighted by molar-refractivity contribution is 0.0802. The van der Waals surface area contributed by atoms with E-state index in [9.17, 15) is 14.4 Å². The Morgan fingerprint density at radius 2 is 1.88 bits per heavy atom. The van der Waals surface area contributed by atoms with Crippen molar-refractivity contribution in [2.24, 2.45) is 0 Å². The number of benzene rings is 1. The first-order valence-corrected chi connectivity index (χ1v) is 14.8. The molecule has 0 bridgehead atoms. The zero-order valence-corrected chi connectivity index (χ0v) is 24.7. The van der Waals surface area contributed by atoms with Gasteiger partial charge in [-0.1, -0.05) is 18.6 Å². The monoisotopic (exact) mass is 569 g/mol. The van der Waals surface area contributed by atoms with Crippen LogP contribution in [0.3, 0.4) is 0 Å². The molecule has 1 aliphatic carbocycles. The Hall–Kier alpha value is -4.24. The van der Waals surface area contributed by atoms with Crippen molar-refractivity contribution < 1.29 is 9.59 Å². The van der Waals surface area contributed by atoms with Gasteiger partial charge in [0.25, 0.3) is 17.4 Å². The third-order valence-corrected chi connectivity index (χ3v) is 9.00. The van der Waals surface area contributed by atoms with Gasteiger partial charge in [-0.15, -0.1) is 11.3 Å². The summed E-state index contributed by atoms with van der Waals surface area (Å²) in [4.78, 5) is 51.2. The largest absolute Gasteiger partial charge is 0.342 e. The molecule has 0 fully saturated rings. The van der Waals surface area contributed by atoms with Crippen LogP contribution in [0, 0.1) is 6.92 Å². The molecule has 3 heterocycles. The number of carbonyl (C=O) groups is 2. The predicted molar refractivity (Wildman–Crippen MR) is 166 cm³/mol. The minimum atomic E-state index is -0.261. The molecule has 0 saturated carbocycles. The van der Waals surface area contributed by atoms with E-state index in [4.69, 9.17) is 0 Å². The first-order valence-electron chi connectivity index (χ1n) is 14.0. The van der Waals surface area contributed by atoms with Crippen LogP contribution in [0.25, 0.3) is 11.1 Å². The van der Waals surface area contributed by atoms with Crippen LogP contribution < -0.4 is 15.8 Å². The number of aromatic amines is 1. The number of nitrogens with zero attached hydrogens (tertiary/aromatic N) is 3. The predicted octanol–water partition coefficient (Wildman–Crippen LogP) is 6.19. The normalized spacial score (nSPS) is 12.8. The van der Waals surface area contributed by atoms with Gasteiger partial charge >= 0.3 is 0 Å². The molecule has 0 atom stereocenters. The first kappa shape index (κ1) is 28.3. The molecule has 0 aliphatic heterocycles. The van der Waals surface area contributed by atoms with Crippen molar-refractivity contribution in [1.29, 1.82) is 0 Å². The quantitative estimate of drug-likeness (QED) is 0.259. The summed E-state index contributed by atoms with van der Waals surface area (Å²) in [5, 5.41) is 3.11. The van der Waals surface area contributed by atoms with Crippen molar-refractivity contribution in [3.8, 4) is 11.1 Å². The number of nitrogens with one attached hydrogen (secondary N) is 2. The zero-order valence-electron chi connectivity index (χ0n) is 23.9. The summed E-state index contributed by atoms with van der Waals surface area (Å²) in [6.07, 6.45) is 8.92. The fraction of sp³-hybridized carbons (Fsp3) is 0.312. The van der Waals surface area contributed by atoms with Crippen molar-refractivity contribution >= 4 is 40.3 Å². The average molecular weight is 570 g/mol.